The molecule has 8 heteroatoms. The predicted octanol–water partition coefficient (Wildman–Crippen LogP) is -2.47. The summed E-state index contributed by atoms with van der Waals surface area (Å²) in [5.41, 5.74) is 4.01. The topological polar surface area (TPSA) is 129 Å². The van der Waals surface area contributed by atoms with Gasteiger partial charge < -0.3 is 9.47 Å². The maximum absolute atomic E-state index is 10.4. The fraction of sp³-hybridized carbons (Fsp3) is 0.750. The van der Waals surface area contributed by atoms with E-state index in [2.05, 4.69) is 0 Å². The van der Waals surface area contributed by atoms with Crippen LogP contribution < -0.4 is 22.5 Å². The van der Waals surface area contributed by atoms with Crippen molar-refractivity contribution in [2.45, 2.75) is 25.0 Å². The number of amides is 2. The number of ether oxygens (including phenoxy) is 2. The molecule has 16 heavy (non-hydrogen) atoms. The van der Waals surface area contributed by atoms with E-state index in [1.165, 1.54) is 0 Å². The number of carbonyl (C=O) groups is 2. The minimum atomic E-state index is -0.278. The molecule has 2 aliphatic heterocycles. The van der Waals surface area contributed by atoms with Crippen molar-refractivity contribution in [1.29, 1.82) is 0 Å². The zero-order valence-electron chi connectivity index (χ0n) is 8.77. The molecule has 8 nitrogen and oxygen atoms in total. The van der Waals surface area contributed by atoms with Gasteiger partial charge in [-0.2, -0.15) is 0 Å². The Hall–Kier alpha value is -1.22. The first-order valence-corrected chi connectivity index (χ1v) is 4.93. The van der Waals surface area contributed by atoms with Crippen molar-refractivity contribution in [3.05, 3.63) is 0 Å². The molecule has 2 atom stereocenters. The number of hydrogen-bond acceptors (Lipinski definition) is 6. The van der Waals surface area contributed by atoms with Crippen LogP contribution in [-0.4, -0.2) is 37.2 Å². The monoisotopic (exact) mass is 232 g/mol. The Morgan fingerprint density at radius 3 is 1.31 bits per heavy atom. The highest BCUT2D eigenvalue weighted by Crippen LogP contribution is 2.09. The Balaban J connectivity index is 0.000000160. The molecule has 0 spiro atoms. The highest BCUT2D eigenvalue weighted by Gasteiger charge is 2.25. The van der Waals surface area contributed by atoms with E-state index < -0.39 is 0 Å². The molecule has 6 N–H and O–H groups in total. The number of carbonyl (C=O) groups excluding carboxylic acids is 2. The first-order valence-electron chi connectivity index (χ1n) is 4.93. The average molecular weight is 232 g/mol. The zero-order valence-corrected chi connectivity index (χ0v) is 8.77. The van der Waals surface area contributed by atoms with Crippen LogP contribution in [0.3, 0.4) is 0 Å². The number of nitrogens with two attached hydrogens (primary N) is 2. The summed E-state index contributed by atoms with van der Waals surface area (Å²) in [7, 11) is 0. The van der Waals surface area contributed by atoms with Gasteiger partial charge in [0.2, 0.25) is 0 Å². The van der Waals surface area contributed by atoms with Gasteiger partial charge in [0.25, 0.3) is 11.8 Å². The maximum atomic E-state index is 10.4. The van der Waals surface area contributed by atoms with E-state index in [9.17, 15) is 9.59 Å². The highest BCUT2D eigenvalue weighted by molar-refractivity contribution is 5.81. The lowest BCUT2D eigenvalue weighted by Crippen LogP contribution is -2.45. The molecule has 0 bridgehead atoms. The molecule has 92 valence electrons. The lowest BCUT2D eigenvalue weighted by atomic mass is 10.2. The first-order chi connectivity index (χ1) is 7.69. The normalized spacial score (nSPS) is 26.4. The smallest absolute Gasteiger partial charge is 0.263 e. The predicted molar refractivity (Wildman–Crippen MR) is 53.4 cm³/mol. The average Bonchev–Trinajstić information content (AvgIpc) is 2.13. The molecule has 2 aliphatic rings. The lowest BCUT2D eigenvalue weighted by Gasteiger charge is -2.23. The molecule has 0 aromatic carbocycles. The van der Waals surface area contributed by atoms with Crippen molar-refractivity contribution >= 4 is 11.8 Å². The van der Waals surface area contributed by atoms with Gasteiger partial charge in [-0.05, 0) is 0 Å². The third-order valence-corrected chi connectivity index (χ3v) is 2.27. The second kappa shape index (κ2) is 6.38. The molecule has 0 unspecified atom stereocenters. The van der Waals surface area contributed by atoms with E-state index in [4.69, 9.17) is 21.2 Å². The summed E-state index contributed by atoms with van der Waals surface area (Å²) < 4.78 is 9.58. The maximum Gasteiger partial charge on any atom is 0.263 e. The van der Waals surface area contributed by atoms with E-state index in [-0.39, 0.29) is 24.0 Å². The van der Waals surface area contributed by atoms with Gasteiger partial charge in [0, 0.05) is 12.8 Å². The third kappa shape index (κ3) is 3.42. The molecule has 2 fully saturated rings. The SMILES string of the molecule is NNC(=O)[C@@H]1CCO1.NNC(=O)[C@H]1CCO1. The molecule has 2 saturated heterocycles. The second-order valence-electron chi connectivity index (χ2n) is 3.31. The van der Waals surface area contributed by atoms with Gasteiger partial charge in [-0.1, -0.05) is 0 Å². The van der Waals surface area contributed by atoms with E-state index in [1.54, 1.807) is 0 Å². The van der Waals surface area contributed by atoms with E-state index in [1.807, 2.05) is 10.9 Å². The van der Waals surface area contributed by atoms with Gasteiger partial charge in [-0.25, -0.2) is 11.7 Å². The Kier molecular flexibility index (Phi) is 5.12. The molecule has 0 aliphatic carbocycles. The van der Waals surface area contributed by atoms with Crippen LogP contribution >= 0.6 is 0 Å². The summed E-state index contributed by atoms with van der Waals surface area (Å²) in [6.07, 6.45) is 1.03. The van der Waals surface area contributed by atoms with E-state index in [0.717, 1.165) is 12.8 Å². The van der Waals surface area contributed by atoms with Gasteiger partial charge in [0.15, 0.2) is 0 Å². The summed E-state index contributed by atoms with van der Waals surface area (Å²) in [4.78, 5) is 20.9. The van der Waals surface area contributed by atoms with Crippen molar-refractivity contribution < 1.29 is 19.1 Å². The molecule has 0 saturated carbocycles. The van der Waals surface area contributed by atoms with Crippen LogP contribution in [0.25, 0.3) is 0 Å². The molecule has 0 radical (unpaired) electrons. The van der Waals surface area contributed by atoms with Gasteiger partial charge >= 0.3 is 0 Å². The Morgan fingerprint density at radius 2 is 1.25 bits per heavy atom. The summed E-state index contributed by atoms with van der Waals surface area (Å²) >= 11 is 0. The van der Waals surface area contributed by atoms with Crippen LogP contribution in [0.5, 0.6) is 0 Å². The fourth-order valence-electron chi connectivity index (χ4n) is 1.07. The Bertz CT molecular complexity index is 226. The van der Waals surface area contributed by atoms with Crippen molar-refractivity contribution in [2.24, 2.45) is 11.7 Å². The first kappa shape index (κ1) is 12.8. The molecule has 0 aromatic rings. The lowest BCUT2D eigenvalue weighted by molar-refractivity contribution is -0.145. The van der Waals surface area contributed by atoms with Gasteiger partial charge in [-0.3, -0.25) is 20.4 Å². The quantitative estimate of drug-likeness (QED) is 0.237. The van der Waals surface area contributed by atoms with Crippen molar-refractivity contribution in [2.75, 3.05) is 13.2 Å². The summed E-state index contributed by atoms with van der Waals surface area (Å²) in [5.74, 6) is 9.15. The van der Waals surface area contributed by atoms with Gasteiger partial charge in [0.1, 0.15) is 12.2 Å². The zero-order chi connectivity index (χ0) is 12.0. The fourth-order valence-corrected chi connectivity index (χ4v) is 1.07. The largest absolute Gasteiger partial charge is 0.368 e. The van der Waals surface area contributed by atoms with Crippen molar-refractivity contribution in [3.63, 3.8) is 0 Å². The number of hydrogen-bond donors (Lipinski definition) is 4. The molecule has 2 heterocycles. The number of rotatable bonds is 2. The number of nitrogens with one attached hydrogen (secondary N) is 2. The molecular weight excluding hydrogens is 216 g/mol. The summed E-state index contributed by atoms with van der Waals surface area (Å²) in [5, 5.41) is 0. The van der Waals surface area contributed by atoms with Crippen LogP contribution in [-0.2, 0) is 19.1 Å². The van der Waals surface area contributed by atoms with E-state index in [0.29, 0.717) is 13.2 Å². The molecule has 2 rings (SSSR count). The van der Waals surface area contributed by atoms with Crippen LogP contribution in [0.2, 0.25) is 0 Å². The highest BCUT2D eigenvalue weighted by atomic mass is 16.5. The molecule has 2 amide bonds. The van der Waals surface area contributed by atoms with Crippen molar-refractivity contribution in [3.8, 4) is 0 Å². The molecule has 0 aromatic heterocycles. The van der Waals surface area contributed by atoms with Crippen LogP contribution in [0.1, 0.15) is 12.8 Å². The number of hydrazine groups is 2. The van der Waals surface area contributed by atoms with Gasteiger partial charge in [0.05, 0.1) is 13.2 Å². The second-order valence-corrected chi connectivity index (χ2v) is 3.31. The Labute approximate surface area is 92.6 Å². The summed E-state index contributed by atoms with van der Waals surface area (Å²) in [6.45, 7) is 1.36. The summed E-state index contributed by atoms with van der Waals surface area (Å²) in [6, 6.07) is 0. The minimum absolute atomic E-state index is 0.226. The standard InChI is InChI=1S/2C4H8N2O2/c2*5-6-4(7)3-1-2-8-3/h2*3H,1-2,5H2,(H,6,7)/t2*3-/m10/s1. The van der Waals surface area contributed by atoms with Crippen LogP contribution in [0.15, 0.2) is 0 Å². The molecular formula is C8H16N4O4. The van der Waals surface area contributed by atoms with Crippen LogP contribution in [0, 0.1) is 0 Å². The van der Waals surface area contributed by atoms with Gasteiger partial charge in [-0.15, -0.1) is 0 Å². The van der Waals surface area contributed by atoms with Crippen LogP contribution in [0.4, 0.5) is 0 Å². The van der Waals surface area contributed by atoms with Crippen molar-refractivity contribution in [1.82, 2.24) is 10.9 Å². The minimum Gasteiger partial charge on any atom is -0.368 e. The van der Waals surface area contributed by atoms with E-state index >= 15 is 0 Å². The third-order valence-electron chi connectivity index (χ3n) is 2.27. The Morgan fingerprint density at radius 1 is 0.938 bits per heavy atom.